The van der Waals surface area contributed by atoms with Crippen LogP contribution in [0.3, 0.4) is 0 Å². The van der Waals surface area contributed by atoms with Gasteiger partial charge in [0.15, 0.2) is 0 Å². The van der Waals surface area contributed by atoms with Crippen molar-refractivity contribution in [2.75, 3.05) is 6.61 Å². The molecule has 3 unspecified atom stereocenters. The molecule has 2 aliphatic carbocycles. The monoisotopic (exact) mass is 184 g/mol. The minimum absolute atomic E-state index is 0.108. The first-order chi connectivity index (χ1) is 6.12. The van der Waals surface area contributed by atoms with E-state index in [4.69, 9.17) is 5.11 Å². The van der Waals surface area contributed by atoms with E-state index in [2.05, 4.69) is 6.92 Å². The van der Waals surface area contributed by atoms with Gasteiger partial charge in [0, 0.05) is 12.5 Å². The topological polar surface area (TPSA) is 40.5 Å². The van der Waals surface area contributed by atoms with Crippen LogP contribution in [0.15, 0.2) is 0 Å². The van der Waals surface area contributed by atoms with Crippen molar-refractivity contribution in [1.29, 1.82) is 0 Å². The lowest BCUT2D eigenvalue weighted by Crippen LogP contribution is -2.63. The lowest BCUT2D eigenvalue weighted by atomic mass is 9.49. The van der Waals surface area contributed by atoms with Crippen molar-refractivity contribution >= 4 is 0 Å². The van der Waals surface area contributed by atoms with Crippen LogP contribution in [-0.4, -0.2) is 22.4 Å². The zero-order valence-electron chi connectivity index (χ0n) is 8.42. The van der Waals surface area contributed by atoms with Crippen LogP contribution >= 0.6 is 0 Å². The van der Waals surface area contributed by atoms with Crippen molar-refractivity contribution in [3.63, 3.8) is 0 Å². The van der Waals surface area contributed by atoms with Gasteiger partial charge in [-0.2, -0.15) is 0 Å². The minimum Gasteiger partial charge on any atom is -0.396 e. The Balaban J connectivity index is 2.17. The highest BCUT2D eigenvalue weighted by molar-refractivity contribution is 5.11. The second-order valence-corrected chi connectivity index (χ2v) is 5.13. The van der Waals surface area contributed by atoms with Gasteiger partial charge in [-0.3, -0.25) is 0 Å². The number of aliphatic hydroxyl groups excluding tert-OH is 1. The molecule has 0 saturated heterocycles. The summed E-state index contributed by atoms with van der Waals surface area (Å²) in [6, 6.07) is 0. The van der Waals surface area contributed by atoms with Gasteiger partial charge in [-0.25, -0.2) is 0 Å². The third kappa shape index (κ3) is 1.15. The Labute approximate surface area is 80.0 Å². The predicted molar refractivity (Wildman–Crippen MR) is 51.3 cm³/mol. The van der Waals surface area contributed by atoms with Crippen molar-refractivity contribution in [2.24, 2.45) is 11.3 Å². The SMILES string of the molecule is CC12CCCCCC1(O)C(CO)C2. The van der Waals surface area contributed by atoms with Crippen molar-refractivity contribution in [2.45, 2.75) is 51.0 Å². The van der Waals surface area contributed by atoms with Crippen molar-refractivity contribution in [3.8, 4) is 0 Å². The molecule has 2 heteroatoms. The van der Waals surface area contributed by atoms with E-state index in [0.29, 0.717) is 0 Å². The fourth-order valence-corrected chi connectivity index (χ4v) is 3.38. The van der Waals surface area contributed by atoms with Gasteiger partial charge in [0.1, 0.15) is 0 Å². The summed E-state index contributed by atoms with van der Waals surface area (Å²) in [6.45, 7) is 2.34. The maximum atomic E-state index is 10.5. The lowest BCUT2D eigenvalue weighted by molar-refractivity contribution is -0.222. The molecule has 3 atom stereocenters. The molecule has 76 valence electrons. The van der Waals surface area contributed by atoms with E-state index < -0.39 is 5.60 Å². The van der Waals surface area contributed by atoms with Gasteiger partial charge >= 0.3 is 0 Å². The van der Waals surface area contributed by atoms with Crippen molar-refractivity contribution in [3.05, 3.63) is 0 Å². The van der Waals surface area contributed by atoms with E-state index in [1.807, 2.05) is 0 Å². The molecule has 0 spiro atoms. The van der Waals surface area contributed by atoms with Crippen molar-refractivity contribution < 1.29 is 10.2 Å². The molecule has 0 radical (unpaired) electrons. The molecule has 2 nitrogen and oxygen atoms in total. The Hall–Kier alpha value is -0.0800. The number of fused-ring (bicyclic) bond motifs is 1. The standard InChI is InChI=1S/C11H20O2/c1-10-5-3-2-4-6-11(10,13)9(7-10)8-12/h9,12-13H,2-8H2,1H3. The van der Waals surface area contributed by atoms with Crippen LogP contribution in [0.4, 0.5) is 0 Å². The number of aliphatic hydroxyl groups is 2. The summed E-state index contributed by atoms with van der Waals surface area (Å²) in [7, 11) is 0. The summed E-state index contributed by atoms with van der Waals surface area (Å²) < 4.78 is 0. The molecule has 2 rings (SSSR count). The first-order valence-corrected chi connectivity index (χ1v) is 5.46. The molecule has 13 heavy (non-hydrogen) atoms. The smallest absolute Gasteiger partial charge is 0.0751 e. The van der Waals surface area contributed by atoms with Crippen LogP contribution in [0.1, 0.15) is 45.4 Å². The third-order valence-electron chi connectivity index (χ3n) is 4.42. The molecule has 0 aromatic rings. The summed E-state index contributed by atoms with van der Waals surface area (Å²) >= 11 is 0. The highest BCUT2D eigenvalue weighted by Crippen LogP contribution is 2.60. The summed E-state index contributed by atoms with van der Waals surface area (Å²) in [5.41, 5.74) is -0.435. The highest BCUT2D eigenvalue weighted by Gasteiger charge is 2.61. The molecule has 0 heterocycles. The molecule has 0 aromatic carbocycles. The second-order valence-electron chi connectivity index (χ2n) is 5.13. The van der Waals surface area contributed by atoms with Crippen LogP contribution < -0.4 is 0 Å². The number of rotatable bonds is 1. The molecule has 0 amide bonds. The Kier molecular flexibility index (Phi) is 2.16. The van der Waals surface area contributed by atoms with Crippen molar-refractivity contribution in [1.82, 2.24) is 0 Å². The van der Waals surface area contributed by atoms with Crippen LogP contribution in [0.2, 0.25) is 0 Å². The zero-order chi connectivity index (χ0) is 9.53. The number of hydrogen-bond acceptors (Lipinski definition) is 2. The zero-order valence-corrected chi connectivity index (χ0v) is 8.42. The van der Waals surface area contributed by atoms with E-state index >= 15 is 0 Å². The summed E-state index contributed by atoms with van der Waals surface area (Å²) in [5, 5.41) is 19.6. The average molecular weight is 184 g/mol. The molecule has 0 aliphatic heterocycles. The molecule has 2 N–H and O–H groups in total. The van der Waals surface area contributed by atoms with E-state index in [0.717, 1.165) is 25.7 Å². The van der Waals surface area contributed by atoms with Gasteiger partial charge in [-0.05, 0) is 24.7 Å². The fourth-order valence-electron chi connectivity index (χ4n) is 3.38. The molecule has 0 bridgehead atoms. The predicted octanol–water partition coefficient (Wildman–Crippen LogP) is 1.70. The van der Waals surface area contributed by atoms with Gasteiger partial charge in [-0.15, -0.1) is 0 Å². The van der Waals surface area contributed by atoms with Gasteiger partial charge in [0.25, 0.3) is 0 Å². The normalized spacial score (nSPS) is 50.5. The molecule has 0 aromatic heterocycles. The Morgan fingerprint density at radius 2 is 1.92 bits per heavy atom. The Morgan fingerprint density at radius 1 is 1.23 bits per heavy atom. The van der Waals surface area contributed by atoms with Gasteiger partial charge in [-0.1, -0.05) is 26.2 Å². The molecular weight excluding hydrogens is 164 g/mol. The second kappa shape index (κ2) is 2.96. The molecule has 2 aliphatic rings. The van der Waals surface area contributed by atoms with Gasteiger partial charge in [0.2, 0.25) is 0 Å². The highest BCUT2D eigenvalue weighted by atomic mass is 16.3. The Bertz CT molecular complexity index is 204. The van der Waals surface area contributed by atoms with E-state index in [9.17, 15) is 5.11 Å². The van der Waals surface area contributed by atoms with Gasteiger partial charge < -0.3 is 10.2 Å². The average Bonchev–Trinajstić information content (AvgIpc) is 2.21. The lowest BCUT2D eigenvalue weighted by Gasteiger charge is -2.59. The number of hydrogen-bond donors (Lipinski definition) is 2. The van der Waals surface area contributed by atoms with Crippen LogP contribution in [-0.2, 0) is 0 Å². The summed E-state index contributed by atoms with van der Waals surface area (Å²) in [5.74, 6) is 0.149. The maximum absolute atomic E-state index is 10.5. The molecular formula is C11H20O2. The molecule has 2 fully saturated rings. The first-order valence-electron chi connectivity index (χ1n) is 5.46. The molecule has 2 saturated carbocycles. The fraction of sp³-hybridized carbons (Fsp3) is 1.00. The van der Waals surface area contributed by atoms with Crippen LogP contribution in [0.5, 0.6) is 0 Å². The largest absolute Gasteiger partial charge is 0.396 e. The van der Waals surface area contributed by atoms with E-state index in [1.54, 1.807) is 0 Å². The first kappa shape index (κ1) is 9.47. The van der Waals surface area contributed by atoms with Gasteiger partial charge in [0.05, 0.1) is 5.60 Å². The summed E-state index contributed by atoms with van der Waals surface area (Å²) in [6.07, 6.45) is 6.67. The third-order valence-corrected chi connectivity index (χ3v) is 4.42. The Morgan fingerprint density at radius 3 is 2.62 bits per heavy atom. The maximum Gasteiger partial charge on any atom is 0.0751 e. The van der Waals surface area contributed by atoms with Crippen LogP contribution in [0, 0.1) is 11.3 Å². The minimum atomic E-state index is -0.543. The van der Waals surface area contributed by atoms with Crippen LogP contribution in [0.25, 0.3) is 0 Å². The summed E-state index contributed by atoms with van der Waals surface area (Å²) in [4.78, 5) is 0. The quantitative estimate of drug-likeness (QED) is 0.651. The van der Waals surface area contributed by atoms with E-state index in [1.165, 1.54) is 12.8 Å². The van der Waals surface area contributed by atoms with E-state index in [-0.39, 0.29) is 17.9 Å².